The lowest BCUT2D eigenvalue weighted by Crippen LogP contribution is -2.09. The lowest BCUT2D eigenvalue weighted by Gasteiger charge is -2.26. The van der Waals surface area contributed by atoms with Crippen LogP contribution in [0.3, 0.4) is 0 Å². The van der Waals surface area contributed by atoms with Gasteiger partial charge in [-0.2, -0.15) is 0 Å². The molecule has 0 aliphatic heterocycles. The molecule has 0 amide bonds. The van der Waals surface area contributed by atoms with Gasteiger partial charge in [-0.25, -0.2) is 0 Å². The number of fused-ring (bicyclic) bond motifs is 6. The topological polar surface area (TPSA) is 3.24 Å². The molecule has 0 atom stereocenters. The second-order valence-electron chi connectivity index (χ2n) is 11.8. The van der Waals surface area contributed by atoms with E-state index in [1.54, 1.807) is 0 Å². The molecule has 0 unspecified atom stereocenters. The first-order chi connectivity index (χ1) is 22.8. The minimum Gasteiger partial charge on any atom is -0.310 e. The molecule has 216 valence electrons. The van der Waals surface area contributed by atoms with E-state index in [2.05, 4.69) is 181 Å². The summed E-state index contributed by atoms with van der Waals surface area (Å²) >= 11 is 1.88. The Bertz CT molecular complexity index is 2410. The zero-order valence-corrected chi connectivity index (χ0v) is 25.9. The van der Waals surface area contributed by atoms with E-state index in [-0.39, 0.29) is 0 Å². The molecule has 0 N–H and O–H groups in total. The Labute approximate surface area is 272 Å². The molecule has 0 fully saturated rings. The normalized spacial score (nSPS) is 11.5. The van der Waals surface area contributed by atoms with E-state index in [1.807, 2.05) is 11.3 Å². The van der Waals surface area contributed by atoms with Crippen LogP contribution in [0, 0.1) is 0 Å². The fourth-order valence-electron chi connectivity index (χ4n) is 6.72. The molecule has 0 saturated carbocycles. The zero-order chi connectivity index (χ0) is 30.5. The molecule has 1 heterocycles. The fourth-order valence-corrected chi connectivity index (χ4v) is 7.84. The van der Waals surface area contributed by atoms with Crippen molar-refractivity contribution in [3.8, 4) is 22.3 Å². The summed E-state index contributed by atoms with van der Waals surface area (Å²) in [6.07, 6.45) is 0. The molecule has 9 aromatic rings. The maximum atomic E-state index is 2.40. The zero-order valence-electron chi connectivity index (χ0n) is 25.1. The van der Waals surface area contributed by atoms with Crippen LogP contribution in [0.1, 0.15) is 0 Å². The smallest absolute Gasteiger partial charge is 0.0468 e. The van der Waals surface area contributed by atoms with Crippen LogP contribution >= 0.6 is 11.3 Å². The lowest BCUT2D eigenvalue weighted by molar-refractivity contribution is 1.29. The standard InChI is InChI=1S/C44H29NS/c1-3-9-30(10-4-1)32-17-22-36(23-18-32)45(37-24-19-33(20-25-37)31-11-5-2-6-12-31)38-26-21-34-15-16-35-27-42-39-13-7-8-14-43(39)46-44(42)29-41(35)40(34)28-38/h1-29H. The predicted molar refractivity (Wildman–Crippen MR) is 200 cm³/mol. The van der Waals surface area contributed by atoms with Gasteiger partial charge in [0.15, 0.2) is 0 Å². The van der Waals surface area contributed by atoms with Crippen molar-refractivity contribution in [1.82, 2.24) is 0 Å². The van der Waals surface area contributed by atoms with Crippen molar-refractivity contribution in [3.05, 3.63) is 176 Å². The SMILES string of the molecule is c1ccc(-c2ccc(N(c3ccc(-c4ccccc4)cc3)c3ccc4ccc5cc6c(cc5c4c3)sc3ccccc36)cc2)cc1. The average Bonchev–Trinajstić information content (AvgIpc) is 3.50. The van der Waals surface area contributed by atoms with Gasteiger partial charge in [0.1, 0.15) is 0 Å². The Kier molecular flexibility index (Phi) is 6.40. The van der Waals surface area contributed by atoms with Gasteiger partial charge in [0, 0.05) is 37.2 Å². The van der Waals surface area contributed by atoms with Crippen LogP contribution in [0.2, 0.25) is 0 Å². The highest BCUT2D eigenvalue weighted by Gasteiger charge is 2.15. The highest BCUT2D eigenvalue weighted by atomic mass is 32.1. The Balaban J connectivity index is 1.21. The van der Waals surface area contributed by atoms with Gasteiger partial charge in [0.05, 0.1) is 0 Å². The quantitative estimate of drug-likeness (QED) is 0.177. The second-order valence-corrected chi connectivity index (χ2v) is 12.9. The molecule has 0 bridgehead atoms. The third kappa shape index (κ3) is 4.63. The van der Waals surface area contributed by atoms with E-state index in [4.69, 9.17) is 0 Å². The minimum absolute atomic E-state index is 1.12. The van der Waals surface area contributed by atoms with Crippen LogP contribution < -0.4 is 4.90 Å². The number of benzene rings is 8. The van der Waals surface area contributed by atoms with Gasteiger partial charge in [-0.1, -0.05) is 121 Å². The number of anilines is 3. The number of nitrogens with zero attached hydrogens (tertiary/aromatic N) is 1. The van der Waals surface area contributed by atoms with Crippen LogP contribution in [-0.4, -0.2) is 0 Å². The second kappa shape index (κ2) is 11.0. The predicted octanol–water partition coefficient (Wildman–Crippen LogP) is 13.2. The minimum atomic E-state index is 1.12. The highest BCUT2D eigenvalue weighted by Crippen LogP contribution is 2.41. The average molecular weight is 604 g/mol. The molecule has 46 heavy (non-hydrogen) atoms. The van der Waals surface area contributed by atoms with Crippen molar-refractivity contribution in [2.75, 3.05) is 4.90 Å². The third-order valence-electron chi connectivity index (χ3n) is 9.04. The molecule has 1 aromatic heterocycles. The molecule has 1 nitrogen and oxygen atoms in total. The van der Waals surface area contributed by atoms with Crippen molar-refractivity contribution >= 4 is 70.1 Å². The van der Waals surface area contributed by atoms with Gasteiger partial charge in [0.25, 0.3) is 0 Å². The van der Waals surface area contributed by atoms with Crippen LogP contribution in [0.15, 0.2) is 176 Å². The Morgan fingerprint density at radius 2 is 0.804 bits per heavy atom. The van der Waals surface area contributed by atoms with Crippen molar-refractivity contribution < 1.29 is 0 Å². The van der Waals surface area contributed by atoms with Crippen molar-refractivity contribution in [3.63, 3.8) is 0 Å². The maximum absolute atomic E-state index is 2.40. The molecule has 0 aliphatic rings. The maximum Gasteiger partial charge on any atom is 0.0468 e. The van der Waals surface area contributed by atoms with E-state index < -0.39 is 0 Å². The summed E-state index contributed by atoms with van der Waals surface area (Å²) in [7, 11) is 0. The van der Waals surface area contributed by atoms with Crippen LogP contribution in [0.5, 0.6) is 0 Å². The van der Waals surface area contributed by atoms with Crippen LogP contribution in [0.25, 0.3) is 64.0 Å². The molecule has 9 rings (SSSR count). The first-order valence-electron chi connectivity index (χ1n) is 15.7. The molecular formula is C44H29NS. The van der Waals surface area contributed by atoms with Crippen LogP contribution in [-0.2, 0) is 0 Å². The molecule has 0 aliphatic carbocycles. The fraction of sp³-hybridized carbons (Fsp3) is 0. The number of rotatable bonds is 5. The first-order valence-corrected chi connectivity index (χ1v) is 16.5. The molecule has 2 heteroatoms. The van der Waals surface area contributed by atoms with Gasteiger partial charge >= 0.3 is 0 Å². The van der Waals surface area contributed by atoms with E-state index >= 15 is 0 Å². The number of thiophene rings is 1. The van der Waals surface area contributed by atoms with E-state index in [9.17, 15) is 0 Å². The summed E-state index contributed by atoms with van der Waals surface area (Å²) < 4.78 is 2.67. The van der Waals surface area contributed by atoms with E-state index in [1.165, 1.54) is 64.0 Å². The number of hydrogen-bond donors (Lipinski definition) is 0. The number of hydrogen-bond acceptors (Lipinski definition) is 2. The summed E-state index contributed by atoms with van der Waals surface area (Å²) in [6.45, 7) is 0. The summed E-state index contributed by atoms with van der Waals surface area (Å²) in [5, 5.41) is 7.74. The van der Waals surface area contributed by atoms with Crippen LogP contribution in [0.4, 0.5) is 17.1 Å². The molecule has 0 saturated heterocycles. The highest BCUT2D eigenvalue weighted by molar-refractivity contribution is 7.25. The third-order valence-corrected chi connectivity index (χ3v) is 10.2. The van der Waals surface area contributed by atoms with Gasteiger partial charge in [0.2, 0.25) is 0 Å². The summed E-state index contributed by atoms with van der Waals surface area (Å²) in [5.41, 5.74) is 8.24. The summed E-state index contributed by atoms with van der Waals surface area (Å²) in [6, 6.07) is 63.9. The molecule has 0 radical (unpaired) electrons. The monoisotopic (exact) mass is 603 g/mol. The lowest BCUT2D eigenvalue weighted by atomic mass is 9.99. The first kappa shape index (κ1) is 26.7. The van der Waals surface area contributed by atoms with Gasteiger partial charge in [-0.05, 0) is 98.4 Å². The van der Waals surface area contributed by atoms with Gasteiger partial charge < -0.3 is 4.90 Å². The Morgan fingerprint density at radius 3 is 1.46 bits per heavy atom. The van der Waals surface area contributed by atoms with Gasteiger partial charge in [-0.15, -0.1) is 11.3 Å². The van der Waals surface area contributed by atoms with Crippen molar-refractivity contribution in [1.29, 1.82) is 0 Å². The Hall–Kier alpha value is -5.70. The largest absolute Gasteiger partial charge is 0.310 e. The van der Waals surface area contributed by atoms with Crippen molar-refractivity contribution in [2.24, 2.45) is 0 Å². The molecule has 0 spiro atoms. The van der Waals surface area contributed by atoms with E-state index in [0.29, 0.717) is 0 Å². The van der Waals surface area contributed by atoms with E-state index in [0.717, 1.165) is 17.1 Å². The summed E-state index contributed by atoms with van der Waals surface area (Å²) in [4.78, 5) is 2.37. The van der Waals surface area contributed by atoms with Crippen molar-refractivity contribution in [2.45, 2.75) is 0 Å². The molecule has 8 aromatic carbocycles. The molecular weight excluding hydrogens is 575 g/mol. The van der Waals surface area contributed by atoms with Gasteiger partial charge in [-0.3, -0.25) is 0 Å². The summed E-state index contributed by atoms with van der Waals surface area (Å²) in [5.74, 6) is 0. The Morgan fingerprint density at radius 1 is 0.304 bits per heavy atom.